The molecule has 0 atom stereocenters. The Labute approximate surface area is 261 Å². The molecule has 2 aliphatic rings. The molecule has 214 valence electrons. The summed E-state index contributed by atoms with van der Waals surface area (Å²) in [5.41, 5.74) is 18.1. The summed E-state index contributed by atoms with van der Waals surface area (Å²) in [6.45, 7) is 11.7. The highest BCUT2D eigenvalue weighted by molar-refractivity contribution is 5.92. The molecule has 6 aromatic carbocycles. The third kappa shape index (κ3) is 3.85. The number of rotatable bonds is 4. The van der Waals surface area contributed by atoms with E-state index in [1.54, 1.807) is 0 Å². The van der Waals surface area contributed by atoms with Crippen LogP contribution in [0.3, 0.4) is 0 Å². The number of hydrogen-bond donors (Lipinski definition) is 0. The quantitative estimate of drug-likeness (QED) is 0.205. The van der Waals surface area contributed by atoms with Gasteiger partial charge >= 0.3 is 0 Å². The standard InChI is InChI=1S/C43H37N/c1-28-19-22-34-36-24-21-31(27-40(36)43(4,5)38(34)25-28)44(41-18-12-10-15-32(41)29-13-7-6-8-14-29)30-20-23-35-33-16-9-11-17-37(33)42(2,3)39(35)26-30/h6-27H,1-5H3. The Kier molecular flexibility index (Phi) is 5.81. The maximum Gasteiger partial charge on any atom is 0.0540 e. The zero-order chi connectivity index (χ0) is 30.2. The summed E-state index contributed by atoms with van der Waals surface area (Å²) < 4.78 is 0. The van der Waals surface area contributed by atoms with Crippen LogP contribution in [0.2, 0.25) is 0 Å². The fourth-order valence-corrected chi connectivity index (χ4v) is 7.77. The van der Waals surface area contributed by atoms with E-state index in [0.29, 0.717) is 0 Å². The van der Waals surface area contributed by atoms with E-state index in [-0.39, 0.29) is 10.8 Å². The topological polar surface area (TPSA) is 3.24 Å². The van der Waals surface area contributed by atoms with Gasteiger partial charge in [-0.1, -0.05) is 136 Å². The molecule has 0 spiro atoms. The van der Waals surface area contributed by atoms with Crippen molar-refractivity contribution in [3.8, 4) is 33.4 Å². The highest BCUT2D eigenvalue weighted by atomic mass is 15.1. The van der Waals surface area contributed by atoms with Crippen LogP contribution < -0.4 is 4.90 Å². The Balaban J connectivity index is 1.36. The first-order valence-electron chi connectivity index (χ1n) is 15.7. The lowest BCUT2D eigenvalue weighted by atomic mass is 9.81. The van der Waals surface area contributed by atoms with E-state index >= 15 is 0 Å². The van der Waals surface area contributed by atoms with Gasteiger partial charge in [0.15, 0.2) is 0 Å². The van der Waals surface area contributed by atoms with Crippen molar-refractivity contribution in [2.45, 2.75) is 45.4 Å². The Hall–Kier alpha value is -4.88. The number of aryl methyl sites for hydroxylation is 1. The number of fused-ring (bicyclic) bond motifs is 6. The van der Waals surface area contributed by atoms with Crippen molar-refractivity contribution in [1.29, 1.82) is 0 Å². The van der Waals surface area contributed by atoms with Crippen LogP contribution in [0.25, 0.3) is 33.4 Å². The molecule has 6 aromatic rings. The van der Waals surface area contributed by atoms with Gasteiger partial charge in [-0.3, -0.25) is 0 Å². The maximum absolute atomic E-state index is 2.48. The molecule has 44 heavy (non-hydrogen) atoms. The summed E-state index contributed by atoms with van der Waals surface area (Å²) in [4.78, 5) is 2.48. The molecule has 0 radical (unpaired) electrons. The van der Waals surface area contributed by atoms with Crippen molar-refractivity contribution in [2.24, 2.45) is 0 Å². The summed E-state index contributed by atoms with van der Waals surface area (Å²) in [5, 5.41) is 0. The van der Waals surface area contributed by atoms with E-state index in [4.69, 9.17) is 0 Å². The van der Waals surface area contributed by atoms with Gasteiger partial charge in [-0.15, -0.1) is 0 Å². The van der Waals surface area contributed by atoms with E-state index in [2.05, 4.69) is 173 Å². The maximum atomic E-state index is 2.48. The number of para-hydroxylation sites is 1. The summed E-state index contributed by atoms with van der Waals surface area (Å²) in [6.07, 6.45) is 0. The van der Waals surface area contributed by atoms with Crippen molar-refractivity contribution in [3.63, 3.8) is 0 Å². The van der Waals surface area contributed by atoms with Gasteiger partial charge in [-0.25, -0.2) is 0 Å². The van der Waals surface area contributed by atoms with Crippen LogP contribution >= 0.6 is 0 Å². The fraction of sp³-hybridized carbons (Fsp3) is 0.163. The first-order valence-corrected chi connectivity index (χ1v) is 15.7. The van der Waals surface area contributed by atoms with Gasteiger partial charge in [0.05, 0.1) is 5.69 Å². The van der Waals surface area contributed by atoms with Gasteiger partial charge in [0.1, 0.15) is 0 Å². The van der Waals surface area contributed by atoms with Crippen molar-refractivity contribution in [1.82, 2.24) is 0 Å². The monoisotopic (exact) mass is 567 g/mol. The first kappa shape index (κ1) is 26.7. The van der Waals surface area contributed by atoms with Crippen LogP contribution in [0.4, 0.5) is 17.1 Å². The smallest absolute Gasteiger partial charge is 0.0540 e. The van der Waals surface area contributed by atoms with E-state index in [0.717, 1.165) is 0 Å². The lowest BCUT2D eigenvalue weighted by Gasteiger charge is -2.31. The molecular formula is C43H37N. The molecule has 1 nitrogen and oxygen atoms in total. The molecule has 0 aliphatic heterocycles. The van der Waals surface area contributed by atoms with Gasteiger partial charge in [0, 0.05) is 27.8 Å². The average molecular weight is 568 g/mol. The molecule has 0 saturated heterocycles. The predicted molar refractivity (Wildman–Crippen MR) is 186 cm³/mol. The summed E-state index contributed by atoms with van der Waals surface area (Å²) >= 11 is 0. The predicted octanol–water partition coefficient (Wildman–Crippen LogP) is 11.7. The van der Waals surface area contributed by atoms with E-state index in [1.807, 2.05) is 0 Å². The highest BCUT2D eigenvalue weighted by Gasteiger charge is 2.38. The highest BCUT2D eigenvalue weighted by Crippen LogP contribution is 2.53. The molecule has 8 rings (SSSR count). The van der Waals surface area contributed by atoms with Crippen molar-refractivity contribution in [2.75, 3.05) is 4.90 Å². The van der Waals surface area contributed by atoms with Crippen molar-refractivity contribution < 1.29 is 0 Å². The van der Waals surface area contributed by atoms with Crippen molar-refractivity contribution in [3.05, 3.63) is 161 Å². The molecule has 0 fully saturated rings. The SMILES string of the molecule is Cc1ccc2c(c1)C(C)(C)c1cc(N(c3ccc4c(c3)C(C)(C)c3ccccc3-4)c3ccccc3-c3ccccc3)ccc1-2. The van der Waals surface area contributed by atoms with Gasteiger partial charge < -0.3 is 4.90 Å². The van der Waals surface area contributed by atoms with E-state index in [9.17, 15) is 0 Å². The Bertz CT molecular complexity index is 2080. The largest absolute Gasteiger partial charge is 0.310 e. The minimum atomic E-state index is -0.0844. The molecule has 0 amide bonds. The Morgan fingerprint density at radius 1 is 0.409 bits per heavy atom. The number of anilines is 3. The van der Waals surface area contributed by atoms with Crippen LogP contribution in [0.5, 0.6) is 0 Å². The van der Waals surface area contributed by atoms with Crippen LogP contribution in [0.15, 0.2) is 133 Å². The Morgan fingerprint density at radius 3 is 1.55 bits per heavy atom. The second kappa shape index (κ2) is 9.56. The van der Waals surface area contributed by atoms with Crippen LogP contribution in [-0.4, -0.2) is 0 Å². The third-order valence-electron chi connectivity index (χ3n) is 10.1. The van der Waals surface area contributed by atoms with Gasteiger partial charge in [-0.05, 0) is 87.3 Å². The molecule has 0 saturated carbocycles. The minimum absolute atomic E-state index is 0.0774. The molecule has 0 aromatic heterocycles. The summed E-state index contributed by atoms with van der Waals surface area (Å²) in [5.74, 6) is 0. The second-order valence-electron chi connectivity index (χ2n) is 13.5. The second-order valence-corrected chi connectivity index (χ2v) is 13.5. The van der Waals surface area contributed by atoms with Crippen LogP contribution in [0.1, 0.15) is 55.5 Å². The van der Waals surface area contributed by atoms with Gasteiger partial charge in [-0.2, -0.15) is 0 Å². The molecule has 0 heterocycles. The van der Waals surface area contributed by atoms with E-state index in [1.165, 1.54) is 78.3 Å². The average Bonchev–Trinajstić information content (AvgIpc) is 3.41. The van der Waals surface area contributed by atoms with Crippen LogP contribution in [0, 0.1) is 6.92 Å². The summed E-state index contributed by atoms with van der Waals surface area (Å²) in [7, 11) is 0. The molecule has 2 aliphatic carbocycles. The lowest BCUT2D eigenvalue weighted by Crippen LogP contribution is -2.18. The fourth-order valence-electron chi connectivity index (χ4n) is 7.77. The van der Waals surface area contributed by atoms with Crippen molar-refractivity contribution >= 4 is 17.1 Å². The number of nitrogens with zero attached hydrogens (tertiary/aromatic N) is 1. The van der Waals surface area contributed by atoms with Crippen LogP contribution in [-0.2, 0) is 10.8 Å². The van der Waals surface area contributed by atoms with Gasteiger partial charge in [0.25, 0.3) is 0 Å². The molecule has 1 heteroatoms. The third-order valence-corrected chi connectivity index (χ3v) is 10.1. The van der Waals surface area contributed by atoms with E-state index < -0.39 is 0 Å². The molecule has 0 bridgehead atoms. The summed E-state index contributed by atoms with van der Waals surface area (Å²) in [6, 6.07) is 49.6. The first-order chi connectivity index (χ1) is 21.2. The zero-order valence-corrected chi connectivity index (χ0v) is 26.1. The molecule has 0 unspecified atom stereocenters. The molecule has 0 N–H and O–H groups in total. The normalized spacial score (nSPS) is 14.8. The lowest BCUT2D eigenvalue weighted by molar-refractivity contribution is 0.659. The van der Waals surface area contributed by atoms with Gasteiger partial charge in [0.2, 0.25) is 0 Å². The number of benzene rings is 6. The Morgan fingerprint density at radius 2 is 0.886 bits per heavy atom. The molecular weight excluding hydrogens is 530 g/mol. The number of hydrogen-bond acceptors (Lipinski definition) is 1. The zero-order valence-electron chi connectivity index (χ0n) is 26.1. The minimum Gasteiger partial charge on any atom is -0.310 e.